The first-order valence-corrected chi connectivity index (χ1v) is 3.97. The van der Waals surface area contributed by atoms with Crippen molar-refractivity contribution in [2.45, 2.75) is 20.1 Å². The second-order valence-corrected chi connectivity index (χ2v) is 2.70. The van der Waals surface area contributed by atoms with E-state index in [1.165, 1.54) is 13.3 Å². The van der Waals surface area contributed by atoms with Crippen LogP contribution in [-0.2, 0) is 13.2 Å². The number of pyridine rings is 1. The third kappa shape index (κ3) is 1.79. The van der Waals surface area contributed by atoms with Crippen LogP contribution in [0.15, 0.2) is 6.20 Å². The van der Waals surface area contributed by atoms with Gasteiger partial charge in [0.15, 0.2) is 0 Å². The van der Waals surface area contributed by atoms with Crippen LogP contribution in [0.25, 0.3) is 0 Å². The molecule has 0 fully saturated rings. The molecule has 0 saturated heterocycles. The Balaban J connectivity index is 3.23. The Kier molecular flexibility index (Phi) is 3.22. The molecule has 1 aromatic rings. The highest BCUT2D eigenvalue weighted by atomic mass is 16.5. The Labute approximate surface area is 76.8 Å². The molecule has 0 unspecified atom stereocenters. The second-order valence-electron chi connectivity index (χ2n) is 2.70. The number of nitrogens with zero attached hydrogens (tertiary/aromatic N) is 1. The van der Waals surface area contributed by atoms with Gasteiger partial charge in [-0.15, -0.1) is 0 Å². The first-order chi connectivity index (χ1) is 6.24. The van der Waals surface area contributed by atoms with Gasteiger partial charge in [0.05, 0.1) is 26.0 Å². The van der Waals surface area contributed by atoms with E-state index < -0.39 is 0 Å². The minimum absolute atomic E-state index is 0.108. The van der Waals surface area contributed by atoms with Gasteiger partial charge in [-0.3, -0.25) is 4.98 Å². The molecule has 2 N–H and O–H groups in total. The van der Waals surface area contributed by atoms with Crippen LogP contribution in [0, 0.1) is 6.92 Å². The number of hydrogen-bond donors (Lipinski definition) is 2. The van der Waals surface area contributed by atoms with E-state index in [1.807, 2.05) is 0 Å². The predicted octanol–water partition coefficient (Wildman–Crippen LogP) is 0.383. The molecule has 0 aliphatic heterocycles. The topological polar surface area (TPSA) is 62.6 Å². The lowest BCUT2D eigenvalue weighted by Gasteiger charge is -2.11. The molecule has 0 aliphatic carbocycles. The lowest BCUT2D eigenvalue weighted by molar-refractivity contribution is 0.265. The van der Waals surface area contributed by atoms with E-state index in [1.54, 1.807) is 6.92 Å². The Morgan fingerprint density at radius 2 is 2.08 bits per heavy atom. The highest BCUT2D eigenvalue weighted by Crippen LogP contribution is 2.24. The number of ether oxygens (including phenoxy) is 1. The average Bonchev–Trinajstić information content (AvgIpc) is 2.17. The van der Waals surface area contributed by atoms with Gasteiger partial charge in [-0.1, -0.05) is 0 Å². The van der Waals surface area contributed by atoms with Crippen molar-refractivity contribution in [2.75, 3.05) is 7.11 Å². The summed E-state index contributed by atoms with van der Waals surface area (Å²) in [4.78, 5) is 3.99. The fourth-order valence-electron chi connectivity index (χ4n) is 1.24. The maximum absolute atomic E-state index is 8.96. The van der Waals surface area contributed by atoms with Crippen molar-refractivity contribution in [1.82, 2.24) is 4.98 Å². The summed E-state index contributed by atoms with van der Waals surface area (Å²) < 4.78 is 5.10. The lowest BCUT2D eigenvalue weighted by Crippen LogP contribution is -2.01. The zero-order valence-electron chi connectivity index (χ0n) is 7.74. The molecule has 0 aromatic carbocycles. The van der Waals surface area contributed by atoms with Crippen molar-refractivity contribution in [3.63, 3.8) is 0 Å². The normalized spacial score (nSPS) is 10.2. The van der Waals surface area contributed by atoms with Gasteiger partial charge in [0.2, 0.25) is 0 Å². The van der Waals surface area contributed by atoms with Gasteiger partial charge < -0.3 is 14.9 Å². The smallest absolute Gasteiger partial charge is 0.130 e. The van der Waals surface area contributed by atoms with Crippen LogP contribution in [0.2, 0.25) is 0 Å². The summed E-state index contributed by atoms with van der Waals surface area (Å²) in [5, 5.41) is 17.9. The Morgan fingerprint density at radius 3 is 2.54 bits per heavy atom. The summed E-state index contributed by atoms with van der Waals surface area (Å²) >= 11 is 0. The summed E-state index contributed by atoms with van der Waals surface area (Å²) in [5.41, 5.74) is 1.99. The van der Waals surface area contributed by atoms with Crippen LogP contribution in [0.1, 0.15) is 16.8 Å². The molecule has 0 bridgehead atoms. The molecule has 1 aromatic heterocycles. The van der Waals surface area contributed by atoms with Gasteiger partial charge in [-0.2, -0.15) is 0 Å². The van der Waals surface area contributed by atoms with Crippen LogP contribution in [0.5, 0.6) is 5.75 Å². The van der Waals surface area contributed by atoms with Crippen molar-refractivity contribution in [3.05, 3.63) is 23.0 Å². The molecule has 4 heteroatoms. The maximum Gasteiger partial charge on any atom is 0.130 e. The highest BCUT2D eigenvalue weighted by Gasteiger charge is 2.10. The fraction of sp³-hybridized carbons (Fsp3) is 0.444. The van der Waals surface area contributed by atoms with Crippen molar-refractivity contribution >= 4 is 0 Å². The molecule has 1 heterocycles. The van der Waals surface area contributed by atoms with E-state index >= 15 is 0 Å². The van der Waals surface area contributed by atoms with Crippen molar-refractivity contribution in [2.24, 2.45) is 0 Å². The van der Waals surface area contributed by atoms with Crippen LogP contribution in [-0.4, -0.2) is 22.3 Å². The molecule has 0 atom stereocenters. The van der Waals surface area contributed by atoms with E-state index in [4.69, 9.17) is 14.9 Å². The van der Waals surface area contributed by atoms with Crippen molar-refractivity contribution in [1.29, 1.82) is 0 Å². The van der Waals surface area contributed by atoms with Crippen LogP contribution in [0.3, 0.4) is 0 Å². The second kappa shape index (κ2) is 4.20. The molecule has 13 heavy (non-hydrogen) atoms. The van der Waals surface area contributed by atoms with E-state index in [0.29, 0.717) is 17.0 Å². The minimum atomic E-state index is -0.117. The van der Waals surface area contributed by atoms with Gasteiger partial charge >= 0.3 is 0 Å². The number of aliphatic hydroxyl groups excluding tert-OH is 2. The summed E-state index contributed by atoms with van der Waals surface area (Å²) in [5.74, 6) is 0.599. The largest absolute Gasteiger partial charge is 0.496 e. The standard InChI is InChI=1S/C9H13NO3/c1-6-8(5-12)10-3-7(4-11)9(6)13-2/h3,11-12H,4-5H2,1-2H3. The predicted molar refractivity (Wildman–Crippen MR) is 47.4 cm³/mol. The average molecular weight is 183 g/mol. The van der Waals surface area contributed by atoms with Crippen molar-refractivity contribution in [3.8, 4) is 5.75 Å². The van der Waals surface area contributed by atoms with Gasteiger partial charge in [-0.25, -0.2) is 0 Å². The number of methoxy groups -OCH3 is 1. The molecule has 72 valence electrons. The van der Waals surface area contributed by atoms with E-state index in [-0.39, 0.29) is 13.2 Å². The number of aliphatic hydroxyl groups is 2. The van der Waals surface area contributed by atoms with E-state index in [0.717, 1.165) is 5.56 Å². The Hall–Kier alpha value is -1.13. The maximum atomic E-state index is 8.96. The van der Waals surface area contributed by atoms with Crippen LogP contribution in [0.4, 0.5) is 0 Å². The summed E-state index contributed by atoms with van der Waals surface area (Å²) in [6.45, 7) is 1.58. The first kappa shape index (κ1) is 9.95. The van der Waals surface area contributed by atoms with Crippen LogP contribution < -0.4 is 4.74 Å². The Bertz CT molecular complexity index is 299. The summed E-state index contributed by atoms with van der Waals surface area (Å²) in [6, 6.07) is 0. The summed E-state index contributed by atoms with van der Waals surface area (Å²) in [6.07, 6.45) is 1.51. The van der Waals surface area contributed by atoms with Gasteiger partial charge in [0.1, 0.15) is 5.75 Å². The highest BCUT2D eigenvalue weighted by molar-refractivity contribution is 5.41. The third-order valence-corrected chi connectivity index (χ3v) is 1.97. The molecule has 1 rings (SSSR count). The molecule has 0 aliphatic rings. The van der Waals surface area contributed by atoms with Gasteiger partial charge in [-0.05, 0) is 6.92 Å². The fourth-order valence-corrected chi connectivity index (χ4v) is 1.24. The SMILES string of the molecule is COc1c(CO)cnc(CO)c1C. The molecule has 0 saturated carbocycles. The molecule has 4 nitrogen and oxygen atoms in total. The number of aromatic nitrogens is 1. The summed E-state index contributed by atoms with van der Waals surface area (Å²) in [7, 11) is 1.53. The van der Waals surface area contributed by atoms with E-state index in [9.17, 15) is 0 Å². The molecular weight excluding hydrogens is 170 g/mol. The van der Waals surface area contributed by atoms with Gasteiger partial charge in [0.25, 0.3) is 0 Å². The number of rotatable bonds is 3. The quantitative estimate of drug-likeness (QED) is 0.711. The minimum Gasteiger partial charge on any atom is -0.496 e. The first-order valence-electron chi connectivity index (χ1n) is 3.97. The van der Waals surface area contributed by atoms with Crippen molar-refractivity contribution < 1.29 is 14.9 Å². The van der Waals surface area contributed by atoms with E-state index in [2.05, 4.69) is 4.98 Å². The number of hydrogen-bond acceptors (Lipinski definition) is 4. The molecule has 0 radical (unpaired) electrons. The Morgan fingerprint density at radius 1 is 1.38 bits per heavy atom. The van der Waals surface area contributed by atoms with Crippen LogP contribution >= 0.6 is 0 Å². The molecule has 0 spiro atoms. The molecular formula is C9H13NO3. The van der Waals surface area contributed by atoms with Gasteiger partial charge in [0, 0.05) is 17.3 Å². The lowest BCUT2D eigenvalue weighted by atomic mass is 10.1. The zero-order valence-corrected chi connectivity index (χ0v) is 7.74. The molecule has 0 amide bonds. The third-order valence-electron chi connectivity index (χ3n) is 1.97. The monoisotopic (exact) mass is 183 g/mol. The zero-order chi connectivity index (χ0) is 9.84.